The van der Waals surface area contributed by atoms with Gasteiger partial charge in [-0.05, 0) is 95.7 Å². The molecule has 0 heteroatoms. The van der Waals surface area contributed by atoms with Crippen molar-refractivity contribution in [3.05, 3.63) is 37.0 Å². The Labute approximate surface area is 173 Å². The van der Waals surface area contributed by atoms with E-state index < -0.39 is 0 Å². The van der Waals surface area contributed by atoms with Crippen LogP contribution in [0, 0.1) is 57.2 Å². The molecule has 0 saturated heterocycles. The van der Waals surface area contributed by atoms with E-state index in [4.69, 9.17) is 0 Å². The Hall–Kier alpha value is -0.780. The summed E-state index contributed by atoms with van der Waals surface area (Å²) in [7, 11) is 0. The summed E-state index contributed by atoms with van der Waals surface area (Å²) in [5.74, 6) is 5.02. The molecular weight excluding hydrogens is 336 g/mol. The van der Waals surface area contributed by atoms with Crippen molar-refractivity contribution in [1.29, 1.82) is 0 Å². The van der Waals surface area contributed by atoms with Crippen LogP contribution in [0.15, 0.2) is 37.0 Å². The summed E-state index contributed by atoms with van der Waals surface area (Å²) in [5, 5.41) is 0. The third kappa shape index (κ3) is 1.82. The van der Waals surface area contributed by atoms with Crippen LogP contribution >= 0.6 is 0 Å². The minimum absolute atomic E-state index is 0.475. The molecule has 0 aromatic carbocycles. The maximum Gasteiger partial charge on any atom is -0.0115 e. The van der Waals surface area contributed by atoms with Gasteiger partial charge in [-0.15, -0.1) is 6.58 Å². The van der Waals surface area contributed by atoms with Gasteiger partial charge < -0.3 is 0 Å². The molecule has 2 spiro atoms. The molecule has 6 saturated carbocycles. The van der Waals surface area contributed by atoms with Gasteiger partial charge >= 0.3 is 0 Å². The van der Waals surface area contributed by atoms with Crippen LogP contribution in [0.5, 0.6) is 0 Å². The summed E-state index contributed by atoms with van der Waals surface area (Å²) in [6, 6.07) is 0. The van der Waals surface area contributed by atoms with Gasteiger partial charge in [0.1, 0.15) is 0 Å². The lowest BCUT2D eigenvalue weighted by atomic mass is 9.45. The third-order valence-corrected chi connectivity index (χ3v) is 11.8. The highest BCUT2D eigenvalue weighted by atomic mass is 14.9. The predicted molar refractivity (Wildman–Crippen MR) is 120 cm³/mol. The van der Waals surface area contributed by atoms with Crippen LogP contribution in [-0.2, 0) is 0 Å². The maximum atomic E-state index is 4.11. The van der Waals surface area contributed by atoms with Gasteiger partial charge in [0.05, 0.1) is 0 Å². The minimum Gasteiger partial charge on any atom is -0.103 e. The fourth-order valence-electron chi connectivity index (χ4n) is 11.2. The Morgan fingerprint density at radius 1 is 1.11 bits per heavy atom. The number of hydrogen-bond donors (Lipinski definition) is 0. The average Bonchev–Trinajstić information content (AvgIpc) is 3.23. The van der Waals surface area contributed by atoms with E-state index >= 15 is 0 Å². The predicted octanol–water partition coefficient (Wildman–Crippen LogP) is 7.83. The molecular formula is C28H42. The van der Waals surface area contributed by atoms with Crippen molar-refractivity contribution in [2.24, 2.45) is 57.2 Å². The van der Waals surface area contributed by atoms with Gasteiger partial charge in [-0.1, -0.05) is 71.4 Å². The maximum absolute atomic E-state index is 4.11. The van der Waals surface area contributed by atoms with E-state index in [0.717, 1.165) is 29.6 Å². The van der Waals surface area contributed by atoms with Crippen LogP contribution in [0.3, 0.4) is 0 Å². The molecule has 28 heavy (non-hydrogen) atoms. The molecule has 8 unspecified atom stereocenters. The van der Waals surface area contributed by atoms with Crippen molar-refractivity contribution in [3.63, 3.8) is 0 Å². The zero-order valence-electron chi connectivity index (χ0n) is 19.1. The number of fused-ring (bicyclic) bond motifs is 2. The van der Waals surface area contributed by atoms with Gasteiger partial charge in [0.15, 0.2) is 0 Å². The second-order valence-corrected chi connectivity index (χ2v) is 12.3. The molecule has 8 atom stereocenters. The van der Waals surface area contributed by atoms with Crippen molar-refractivity contribution in [2.45, 2.75) is 79.6 Å². The van der Waals surface area contributed by atoms with Gasteiger partial charge in [-0.25, -0.2) is 0 Å². The van der Waals surface area contributed by atoms with Crippen LogP contribution in [-0.4, -0.2) is 0 Å². The molecule has 0 aromatic rings. The van der Waals surface area contributed by atoms with E-state index in [2.05, 4.69) is 66.0 Å². The van der Waals surface area contributed by atoms with Gasteiger partial charge in [0.25, 0.3) is 0 Å². The van der Waals surface area contributed by atoms with Gasteiger partial charge in [-0.3, -0.25) is 0 Å². The molecule has 6 fully saturated rings. The number of rotatable bonds is 3. The van der Waals surface area contributed by atoms with Gasteiger partial charge in [0, 0.05) is 0 Å². The summed E-state index contributed by atoms with van der Waals surface area (Å²) >= 11 is 0. The zero-order chi connectivity index (χ0) is 20.1. The first-order chi connectivity index (χ1) is 13.2. The van der Waals surface area contributed by atoms with Crippen molar-refractivity contribution >= 4 is 0 Å². The van der Waals surface area contributed by atoms with E-state index in [1.54, 1.807) is 5.57 Å². The second kappa shape index (κ2) is 5.67. The Kier molecular flexibility index (Phi) is 3.89. The Balaban J connectivity index is 1.63. The van der Waals surface area contributed by atoms with Crippen molar-refractivity contribution in [2.75, 3.05) is 0 Å². The van der Waals surface area contributed by atoms with Crippen molar-refractivity contribution in [1.82, 2.24) is 0 Å². The largest absolute Gasteiger partial charge is 0.103 e. The minimum atomic E-state index is 0.475. The molecule has 0 radical (unpaired) electrons. The zero-order valence-corrected chi connectivity index (χ0v) is 19.1. The lowest BCUT2D eigenvalue weighted by Gasteiger charge is -2.59. The quantitative estimate of drug-likeness (QED) is 0.439. The molecule has 6 rings (SSSR count). The SMILES string of the molecule is C=CC=C1C2CC(C)CCC2(C)C2(C1C)C(C)C1CC3(CC=C)CC1(C3)C2C. The van der Waals surface area contributed by atoms with E-state index in [1.165, 1.54) is 44.9 Å². The molecule has 0 nitrogen and oxygen atoms in total. The normalized spacial score (nSPS) is 60.5. The third-order valence-electron chi connectivity index (χ3n) is 11.8. The molecule has 6 aliphatic rings. The molecule has 0 heterocycles. The first-order valence-corrected chi connectivity index (χ1v) is 12.2. The molecule has 0 aromatic heterocycles. The fourth-order valence-corrected chi connectivity index (χ4v) is 11.2. The topological polar surface area (TPSA) is 0 Å². The van der Waals surface area contributed by atoms with Crippen molar-refractivity contribution in [3.8, 4) is 0 Å². The van der Waals surface area contributed by atoms with Gasteiger partial charge in [0.2, 0.25) is 0 Å². The van der Waals surface area contributed by atoms with Crippen LogP contribution in [0.25, 0.3) is 0 Å². The monoisotopic (exact) mass is 378 g/mol. The summed E-state index contributed by atoms with van der Waals surface area (Å²) in [6.45, 7) is 21.4. The second-order valence-electron chi connectivity index (χ2n) is 12.3. The fraction of sp³-hybridized carbons (Fsp3) is 0.786. The lowest BCUT2D eigenvalue weighted by Crippen LogP contribution is -2.53. The van der Waals surface area contributed by atoms with Crippen LogP contribution in [0.1, 0.15) is 79.6 Å². The Morgan fingerprint density at radius 3 is 2.43 bits per heavy atom. The highest BCUT2D eigenvalue weighted by Crippen LogP contribution is 2.88. The first kappa shape index (κ1) is 19.2. The Bertz CT molecular complexity index is 728. The molecule has 2 bridgehead atoms. The number of allylic oxidation sites excluding steroid dienone is 4. The smallest absolute Gasteiger partial charge is 0.0115 e. The summed E-state index contributed by atoms with van der Waals surface area (Å²) < 4.78 is 0. The van der Waals surface area contributed by atoms with E-state index in [0.29, 0.717) is 27.6 Å². The average molecular weight is 379 g/mol. The van der Waals surface area contributed by atoms with E-state index in [9.17, 15) is 0 Å². The van der Waals surface area contributed by atoms with Gasteiger partial charge in [-0.2, -0.15) is 0 Å². The molecule has 6 aliphatic carbocycles. The summed E-state index contributed by atoms with van der Waals surface area (Å²) in [5.41, 5.74) is 3.98. The van der Waals surface area contributed by atoms with E-state index in [-0.39, 0.29) is 0 Å². The molecule has 0 aliphatic heterocycles. The summed E-state index contributed by atoms with van der Waals surface area (Å²) in [6.07, 6.45) is 16.7. The lowest BCUT2D eigenvalue weighted by molar-refractivity contribution is -0.112. The van der Waals surface area contributed by atoms with Crippen LogP contribution in [0.2, 0.25) is 0 Å². The standard InChI is InChI=1S/C28H42/c1-8-10-22-19(4)28(25(7)13-11-18(3)14-23(22)25)20(5)24-15-26(12-9-2)16-27(24,17-26)21(28)6/h8-10,18-21,23-24H,1-2,11-17H2,3-7H3. The first-order valence-electron chi connectivity index (χ1n) is 12.2. The van der Waals surface area contributed by atoms with E-state index in [1.807, 2.05) is 0 Å². The highest BCUT2D eigenvalue weighted by Gasteiger charge is 2.81. The van der Waals surface area contributed by atoms with Crippen LogP contribution in [0.4, 0.5) is 0 Å². The molecule has 154 valence electrons. The Morgan fingerprint density at radius 2 is 1.82 bits per heavy atom. The number of hydrogen-bond acceptors (Lipinski definition) is 0. The highest BCUT2D eigenvalue weighted by molar-refractivity contribution is 5.38. The summed E-state index contributed by atoms with van der Waals surface area (Å²) in [4.78, 5) is 0. The molecule has 0 N–H and O–H groups in total. The van der Waals surface area contributed by atoms with Crippen molar-refractivity contribution < 1.29 is 0 Å². The molecule has 0 amide bonds. The van der Waals surface area contributed by atoms with Crippen LogP contribution < -0.4 is 0 Å².